The van der Waals surface area contributed by atoms with Gasteiger partial charge in [-0.3, -0.25) is 4.79 Å². The fourth-order valence-corrected chi connectivity index (χ4v) is 3.06. The van der Waals surface area contributed by atoms with Crippen LogP contribution in [0.2, 0.25) is 0 Å². The Kier molecular flexibility index (Phi) is 4.94. The maximum Gasteiger partial charge on any atom is 0.278 e. The zero-order chi connectivity index (χ0) is 18.9. The molecule has 2 N–H and O–H groups in total. The van der Waals surface area contributed by atoms with Gasteiger partial charge in [0.05, 0.1) is 18.4 Å². The summed E-state index contributed by atoms with van der Waals surface area (Å²) in [6.07, 6.45) is 0.442. The molecule has 26 heavy (non-hydrogen) atoms. The number of halogens is 1. The summed E-state index contributed by atoms with van der Waals surface area (Å²) in [4.78, 5) is 14.0. The van der Waals surface area contributed by atoms with Crippen LogP contribution in [0.1, 0.15) is 16.9 Å². The number of hydrogen-bond donors (Lipinski definition) is 2. The Morgan fingerprint density at radius 3 is 2.73 bits per heavy atom. The van der Waals surface area contributed by atoms with Gasteiger partial charge >= 0.3 is 0 Å². The first-order valence-electron chi connectivity index (χ1n) is 8.02. The van der Waals surface area contributed by atoms with Crippen LogP contribution in [0.4, 0.5) is 4.39 Å². The number of carbonyl (C=O) groups is 1. The summed E-state index contributed by atoms with van der Waals surface area (Å²) in [5, 5.41) is 24.4. The number of benzene rings is 1. The Balaban J connectivity index is 1.81. The maximum absolute atomic E-state index is 13.4. The van der Waals surface area contributed by atoms with E-state index in [1.165, 1.54) is 48.2 Å². The molecule has 1 aromatic heterocycles. The summed E-state index contributed by atoms with van der Waals surface area (Å²) in [6, 6.07) is 5.61. The minimum absolute atomic E-state index is 0.0349. The average Bonchev–Trinajstić information content (AvgIpc) is 3.03. The highest BCUT2D eigenvalue weighted by atomic mass is 19.1. The number of amides is 1. The van der Waals surface area contributed by atoms with Crippen molar-refractivity contribution in [3.8, 4) is 11.4 Å². The Bertz CT molecular complexity index is 805. The number of aliphatic hydroxyl groups excluding tert-OH is 1. The molecule has 1 unspecified atom stereocenters. The summed E-state index contributed by atoms with van der Waals surface area (Å²) in [5.74, 6) is -2.50. The molecule has 0 bridgehead atoms. The van der Waals surface area contributed by atoms with E-state index < -0.39 is 23.6 Å². The van der Waals surface area contributed by atoms with Gasteiger partial charge in [-0.2, -0.15) is 5.10 Å². The molecule has 1 aromatic carbocycles. The molecule has 1 fully saturated rings. The number of nitrogens with zero attached hydrogens (tertiary/aromatic N) is 3. The van der Waals surface area contributed by atoms with Crippen molar-refractivity contribution < 1.29 is 28.9 Å². The highest BCUT2D eigenvalue weighted by Crippen LogP contribution is 2.29. The molecule has 2 aromatic rings. The number of ether oxygens (including phenoxy) is 2. The summed E-state index contributed by atoms with van der Waals surface area (Å²) in [5.41, 5.74) is 0.194. The summed E-state index contributed by atoms with van der Waals surface area (Å²) < 4.78 is 25.1. The molecule has 0 spiro atoms. The molecule has 1 aliphatic rings. The first-order chi connectivity index (χ1) is 12.4. The summed E-state index contributed by atoms with van der Waals surface area (Å²) in [6.45, 7) is 0.219. The quantitative estimate of drug-likeness (QED) is 0.782. The smallest absolute Gasteiger partial charge is 0.278 e. The van der Waals surface area contributed by atoms with Crippen LogP contribution in [0, 0.1) is 5.82 Å². The average molecular weight is 365 g/mol. The molecular formula is C17H20FN3O5. The van der Waals surface area contributed by atoms with Crippen molar-refractivity contribution in [3.63, 3.8) is 0 Å². The Hall–Kier alpha value is -2.49. The molecule has 0 radical (unpaired) electrons. The number of aromatic hydroxyl groups is 1. The Labute approximate surface area is 149 Å². The first kappa shape index (κ1) is 18.3. The van der Waals surface area contributed by atoms with Crippen LogP contribution in [0.15, 0.2) is 30.5 Å². The number of piperidine rings is 1. The fraction of sp³-hybridized carbons (Fsp3) is 0.412. The maximum atomic E-state index is 13.4. The van der Waals surface area contributed by atoms with Gasteiger partial charge in [-0.1, -0.05) is 6.07 Å². The fourth-order valence-electron chi connectivity index (χ4n) is 3.06. The number of aliphatic hydroxyl groups is 1. The van der Waals surface area contributed by atoms with E-state index in [1.54, 1.807) is 6.07 Å². The predicted octanol–water partition coefficient (Wildman–Crippen LogP) is 0.913. The van der Waals surface area contributed by atoms with Gasteiger partial charge in [0.2, 0.25) is 0 Å². The molecule has 3 rings (SSSR count). The third-order valence-corrected chi connectivity index (χ3v) is 4.58. The number of aromatic nitrogens is 2. The van der Waals surface area contributed by atoms with Gasteiger partial charge in [-0.25, -0.2) is 9.07 Å². The van der Waals surface area contributed by atoms with Crippen LogP contribution in [-0.4, -0.2) is 70.0 Å². The second-order valence-electron chi connectivity index (χ2n) is 6.02. The van der Waals surface area contributed by atoms with Gasteiger partial charge in [-0.15, -0.1) is 0 Å². The third kappa shape index (κ3) is 3.16. The minimum atomic E-state index is -1.17. The van der Waals surface area contributed by atoms with Crippen LogP contribution in [0.25, 0.3) is 5.69 Å². The number of rotatable bonds is 4. The molecular weight excluding hydrogens is 345 g/mol. The van der Waals surface area contributed by atoms with Gasteiger partial charge in [0, 0.05) is 27.2 Å². The van der Waals surface area contributed by atoms with Gasteiger partial charge in [0.25, 0.3) is 5.91 Å². The van der Waals surface area contributed by atoms with Crippen LogP contribution < -0.4 is 0 Å². The molecule has 0 aliphatic carbocycles. The number of β-amino-alcohol motifs (C(OH)–C–C–N with tert-alkyl or cyclic N) is 1. The van der Waals surface area contributed by atoms with Crippen molar-refractivity contribution >= 4 is 5.91 Å². The van der Waals surface area contributed by atoms with Crippen molar-refractivity contribution in [1.82, 2.24) is 14.7 Å². The van der Waals surface area contributed by atoms with Gasteiger partial charge in [-0.05, 0) is 18.2 Å². The van der Waals surface area contributed by atoms with Crippen molar-refractivity contribution in [2.75, 3.05) is 27.3 Å². The van der Waals surface area contributed by atoms with Crippen LogP contribution >= 0.6 is 0 Å². The molecule has 0 saturated carbocycles. The second-order valence-corrected chi connectivity index (χ2v) is 6.02. The van der Waals surface area contributed by atoms with E-state index in [0.29, 0.717) is 5.69 Å². The molecule has 8 nitrogen and oxygen atoms in total. The van der Waals surface area contributed by atoms with E-state index in [1.807, 2.05) is 0 Å². The lowest BCUT2D eigenvalue weighted by Crippen LogP contribution is -2.58. The van der Waals surface area contributed by atoms with Crippen molar-refractivity contribution in [2.45, 2.75) is 18.3 Å². The second kappa shape index (κ2) is 7.02. The molecule has 9 heteroatoms. The van der Waals surface area contributed by atoms with Crippen LogP contribution in [0.5, 0.6) is 5.75 Å². The van der Waals surface area contributed by atoms with E-state index >= 15 is 0 Å². The van der Waals surface area contributed by atoms with Crippen molar-refractivity contribution in [1.29, 1.82) is 0 Å². The van der Waals surface area contributed by atoms with E-state index in [4.69, 9.17) is 9.47 Å². The summed E-state index contributed by atoms with van der Waals surface area (Å²) >= 11 is 0. The molecule has 140 valence electrons. The van der Waals surface area contributed by atoms with Gasteiger partial charge < -0.3 is 24.6 Å². The summed E-state index contributed by atoms with van der Waals surface area (Å²) in [7, 11) is 2.85. The molecule has 1 atom stereocenters. The number of hydrogen-bond acceptors (Lipinski definition) is 6. The van der Waals surface area contributed by atoms with Crippen molar-refractivity contribution in [3.05, 3.63) is 42.0 Å². The molecule has 1 amide bonds. The Morgan fingerprint density at radius 2 is 2.12 bits per heavy atom. The van der Waals surface area contributed by atoms with Gasteiger partial charge in [0.1, 0.15) is 11.9 Å². The molecule has 1 aliphatic heterocycles. The lowest BCUT2D eigenvalue weighted by molar-refractivity contribution is -0.275. The highest BCUT2D eigenvalue weighted by molar-refractivity contribution is 5.95. The van der Waals surface area contributed by atoms with E-state index in [9.17, 15) is 19.4 Å². The van der Waals surface area contributed by atoms with Crippen LogP contribution in [-0.2, 0) is 9.47 Å². The van der Waals surface area contributed by atoms with Crippen molar-refractivity contribution in [2.24, 2.45) is 0 Å². The van der Waals surface area contributed by atoms with E-state index in [0.717, 1.165) is 0 Å². The SMILES string of the molecule is COC1(OC)CCN(C(=O)c2nn(-c3cccc(F)c3)cc2O)CC1O. The largest absolute Gasteiger partial charge is 0.504 e. The highest BCUT2D eigenvalue weighted by Gasteiger charge is 2.44. The molecule has 1 saturated heterocycles. The minimum Gasteiger partial charge on any atom is -0.504 e. The number of likely N-dealkylation sites (tertiary alicyclic amines) is 1. The zero-order valence-electron chi connectivity index (χ0n) is 14.4. The lowest BCUT2D eigenvalue weighted by atomic mass is 10.00. The third-order valence-electron chi connectivity index (χ3n) is 4.58. The van der Waals surface area contributed by atoms with E-state index in [2.05, 4.69) is 5.10 Å². The predicted molar refractivity (Wildman–Crippen MR) is 88.5 cm³/mol. The molecule has 2 heterocycles. The standard InChI is InChI=1S/C17H20FN3O5/c1-25-17(26-2)6-7-20(10-14(17)23)16(24)15-13(22)9-21(19-15)12-5-3-4-11(18)8-12/h3-5,8-9,14,22-23H,6-7,10H2,1-2H3. The number of methoxy groups -OCH3 is 2. The van der Waals surface area contributed by atoms with Gasteiger partial charge in [0.15, 0.2) is 17.2 Å². The zero-order valence-corrected chi connectivity index (χ0v) is 14.4. The Morgan fingerprint density at radius 1 is 1.38 bits per heavy atom. The normalized spacial score (nSPS) is 19.5. The first-order valence-corrected chi connectivity index (χ1v) is 8.02. The monoisotopic (exact) mass is 365 g/mol. The lowest BCUT2D eigenvalue weighted by Gasteiger charge is -2.43. The number of carbonyl (C=O) groups excluding carboxylic acids is 1. The van der Waals surface area contributed by atoms with E-state index in [-0.39, 0.29) is 31.0 Å². The van der Waals surface area contributed by atoms with Crippen LogP contribution in [0.3, 0.4) is 0 Å². The topological polar surface area (TPSA) is 97.1 Å².